The quantitative estimate of drug-likeness (QED) is 0.643. The minimum absolute atomic E-state index is 0.00722. The Morgan fingerprint density at radius 3 is 2.69 bits per heavy atom. The van der Waals surface area contributed by atoms with Gasteiger partial charge in [-0.15, -0.1) is 0 Å². The van der Waals surface area contributed by atoms with Gasteiger partial charge >= 0.3 is 5.97 Å². The molecule has 0 bridgehead atoms. The first-order valence-corrected chi connectivity index (χ1v) is 4.69. The molecule has 1 unspecified atom stereocenters. The SMILES string of the molecule is O=C(NC(CO)C(=O)O)c1cccc(Cl)n1. The van der Waals surface area contributed by atoms with E-state index in [-0.39, 0.29) is 10.8 Å². The summed E-state index contributed by atoms with van der Waals surface area (Å²) in [7, 11) is 0. The van der Waals surface area contributed by atoms with Crippen molar-refractivity contribution in [3.8, 4) is 0 Å². The summed E-state index contributed by atoms with van der Waals surface area (Å²) in [4.78, 5) is 25.7. The minimum atomic E-state index is -1.35. The smallest absolute Gasteiger partial charge is 0.328 e. The number of hydrogen-bond acceptors (Lipinski definition) is 4. The van der Waals surface area contributed by atoms with E-state index in [9.17, 15) is 9.59 Å². The molecule has 0 aromatic carbocycles. The Bertz CT molecular complexity index is 410. The predicted octanol–water partition coefficient (Wildman–Crippen LogP) is -0.0897. The second-order valence-corrected chi connectivity index (χ2v) is 3.28. The molecule has 0 spiro atoms. The molecule has 0 radical (unpaired) electrons. The summed E-state index contributed by atoms with van der Waals surface area (Å²) in [5.41, 5.74) is -0.00722. The average molecular weight is 245 g/mol. The maximum absolute atomic E-state index is 11.5. The number of aromatic nitrogens is 1. The van der Waals surface area contributed by atoms with Gasteiger partial charge in [0.2, 0.25) is 0 Å². The molecule has 0 saturated carbocycles. The molecule has 0 aliphatic rings. The molecular formula is C9H9ClN2O4. The van der Waals surface area contributed by atoms with Crippen LogP contribution in [0.25, 0.3) is 0 Å². The predicted molar refractivity (Wildman–Crippen MR) is 55.2 cm³/mol. The number of nitrogens with zero attached hydrogens (tertiary/aromatic N) is 1. The van der Waals surface area contributed by atoms with Gasteiger partial charge in [-0.3, -0.25) is 4.79 Å². The number of carboxylic acid groups (broad SMARTS) is 1. The first kappa shape index (κ1) is 12.4. The number of aliphatic hydroxyl groups excluding tert-OH is 1. The summed E-state index contributed by atoms with van der Waals surface area (Å²) in [6.07, 6.45) is 0. The normalized spacial score (nSPS) is 11.9. The summed E-state index contributed by atoms with van der Waals surface area (Å²) in [5, 5.41) is 19.5. The zero-order chi connectivity index (χ0) is 12.1. The van der Waals surface area contributed by atoms with Gasteiger partial charge in [0.25, 0.3) is 5.91 Å². The third-order valence-corrected chi connectivity index (χ3v) is 1.94. The Morgan fingerprint density at radius 2 is 2.19 bits per heavy atom. The molecule has 1 aromatic rings. The summed E-state index contributed by atoms with van der Waals surface area (Å²) < 4.78 is 0. The van der Waals surface area contributed by atoms with E-state index >= 15 is 0 Å². The van der Waals surface area contributed by atoms with Crippen molar-refractivity contribution in [1.82, 2.24) is 10.3 Å². The van der Waals surface area contributed by atoms with Crippen LogP contribution in [0.4, 0.5) is 0 Å². The molecule has 7 heteroatoms. The van der Waals surface area contributed by atoms with Crippen LogP contribution >= 0.6 is 11.6 Å². The summed E-state index contributed by atoms with van der Waals surface area (Å²) >= 11 is 5.57. The Kier molecular flexibility index (Phi) is 4.21. The number of rotatable bonds is 4. The number of aliphatic carboxylic acids is 1. The highest BCUT2D eigenvalue weighted by molar-refractivity contribution is 6.29. The van der Waals surface area contributed by atoms with Crippen LogP contribution in [0.1, 0.15) is 10.5 Å². The Labute approximate surface area is 95.9 Å². The summed E-state index contributed by atoms with van der Waals surface area (Å²) in [6, 6.07) is 3.03. The molecule has 1 rings (SSSR count). The van der Waals surface area contributed by atoms with Crippen LogP contribution in [0.5, 0.6) is 0 Å². The number of hydrogen-bond donors (Lipinski definition) is 3. The molecule has 86 valence electrons. The fourth-order valence-corrected chi connectivity index (χ4v) is 1.12. The topological polar surface area (TPSA) is 99.5 Å². The van der Waals surface area contributed by atoms with Crippen molar-refractivity contribution in [2.24, 2.45) is 0 Å². The zero-order valence-corrected chi connectivity index (χ0v) is 8.81. The maximum atomic E-state index is 11.5. The van der Waals surface area contributed by atoms with E-state index in [0.717, 1.165) is 0 Å². The van der Waals surface area contributed by atoms with Gasteiger partial charge in [0.15, 0.2) is 6.04 Å². The number of amides is 1. The molecule has 0 aliphatic heterocycles. The maximum Gasteiger partial charge on any atom is 0.328 e. The van der Waals surface area contributed by atoms with Crippen molar-refractivity contribution < 1.29 is 19.8 Å². The van der Waals surface area contributed by atoms with E-state index in [1.165, 1.54) is 18.2 Å². The summed E-state index contributed by atoms with van der Waals surface area (Å²) in [5.74, 6) is -2.03. The Morgan fingerprint density at radius 1 is 1.50 bits per heavy atom. The lowest BCUT2D eigenvalue weighted by atomic mass is 10.3. The van der Waals surface area contributed by atoms with E-state index in [2.05, 4.69) is 10.3 Å². The third kappa shape index (κ3) is 3.18. The van der Waals surface area contributed by atoms with Crippen molar-refractivity contribution in [2.45, 2.75) is 6.04 Å². The molecular weight excluding hydrogens is 236 g/mol. The van der Waals surface area contributed by atoms with Gasteiger partial charge in [-0.2, -0.15) is 0 Å². The first-order chi connectivity index (χ1) is 7.54. The lowest BCUT2D eigenvalue weighted by Gasteiger charge is -2.10. The van der Waals surface area contributed by atoms with Crippen molar-refractivity contribution in [3.05, 3.63) is 29.0 Å². The van der Waals surface area contributed by atoms with Crippen LogP contribution in [0.2, 0.25) is 5.15 Å². The van der Waals surface area contributed by atoms with Crippen molar-refractivity contribution in [1.29, 1.82) is 0 Å². The van der Waals surface area contributed by atoms with Crippen LogP contribution < -0.4 is 5.32 Å². The number of aliphatic hydroxyl groups is 1. The van der Waals surface area contributed by atoms with E-state index < -0.39 is 24.5 Å². The number of nitrogens with one attached hydrogen (secondary N) is 1. The highest BCUT2D eigenvalue weighted by Gasteiger charge is 2.20. The van der Waals surface area contributed by atoms with Crippen molar-refractivity contribution in [3.63, 3.8) is 0 Å². The monoisotopic (exact) mass is 244 g/mol. The van der Waals surface area contributed by atoms with Gasteiger partial charge in [-0.1, -0.05) is 17.7 Å². The van der Waals surface area contributed by atoms with Crippen LogP contribution in [-0.2, 0) is 4.79 Å². The minimum Gasteiger partial charge on any atom is -0.480 e. The van der Waals surface area contributed by atoms with Crippen molar-refractivity contribution in [2.75, 3.05) is 6.61 Å². The molecule has 3 N–H and O–H groups in total. The third-order valence-electron chi connectivity index (χ3n) is 1.73. The molecule has 0 saturated heterocycles. The van der Waals surface area contributed by atoms with Crippen LogP contribution in [0.15, 0.2) is 18.2 Å². The van der Waals surface area contributed by atoms with Crippen LogP contribution in [0, 0.1) is 0 Å². The van der Waals surface area contributed by atoms with Gasteiger partial charge in [-0.05, 0) is 12.1 Å². The standard InChI is InChI=1S/C9H9ClN2O4/c10-7-3-1-2-5(11-7)8(14)12-6(4-13)9(15)16/h1-3,6,13H,4H2,(H,12,14)(H,15,16). The molecule has 1 aromatic heterocycles. The largest absolute Gasteiger partial charge is 0.480 e. The number of carbonyl (C=O) groups is 2. The van der Waals surface area contributed by atoms with Gasteiger partial charge in [0.05, 0.1) is 6.61 Å². The number of halogens is 1. The number of pyridine rings is 1. The van der Waals surface area contributed by atoms with Gasteiger partial charge in [0.1, 0.15) is 10.8 Å². The van der Waals surface area contributed by atoms with Gasteiger partial charge < -0.3 is 15.5 Å². The second-order valence-electron chi connectivity index (χ2n) is 2.89. The van der Waals surface area contributed by atoms with Crippen LogP contribution in [-0.4, -0.2) is 39.7 Å². The van der Waals surface area contributed by atoms with E-state index in [0.29, 0.717) is 0 Å². The lowest BCUT2D eigenvalue weighted by Crippen LogP contribution is -2.43. The van der Waals surface area contributed by atoms with Crippen molar-refractivity contribution >= 4 is 23.5 Å². The second kappa shape index (κ2) is 5.43. The molecule has 1 amide bonds. The van der Waals surface area contributed by atoms with E-state index in [1.54, 1.807) is 0 Å². The van der Waals surface area contributed by atoms with E-state index in [1.807, 2.05) is 0 Å². The van der Waals surface area contributed by atoms with E-state index in [4.69, 9.17) is 21.8 Å². The van der Waals surface area contributed by atoms with Gasteiger partial charge in [0, 0.05) is 0 Å². The van der Waals surface area contributed by atoms with Gasteiger partial charge in [-0.25, -0.2) is 9.78 Å². The summed E-state index contributed by atoms with van der Waals surface area (Å²) in [6.45, 7) is -0.693. The molecule has 0 fully saturated rings. The number of carboxylic acids is 1. The average Bonchev–Trinajstić information content (AvgIpc) is 2.25. The molecule has 1 heterocycles. The Hall–Kier alpha value is -1.66. The molecule has 0 aliphatic carbocycles. The Balaban J connectivity index is 2.75. The zero-order valence-electron chi connectivity index (χ0n) is 8.05. The fourth-order valence-electron chi connectivity index (χ4n) is 0.952. The molecule has 6 nitrogen and oxygen atoms in total. The molecule has 1 atom stereocenters. The fraction of sp³-hybridized carbons (Fsp3) is 0.222. The highest BCUT2D eigenvalue weighted by Crippen LogP contribution is 2.05. The highest BCUT2D eigenvalue weighted by atomic mass is 35.5. The first-order valence-electron chi connectivity index (χ1n) is 4.31. The lowest BCUT2D eigenvalue weighted by molar-refractivity contribution is -0.140. The van der Waals surface area contributed by atoms with Crippen LogP contribution in [0.3, 0.4) is 0 Å². The molecule has 16 heavy (non-hydrogen) atoms. The number of carbonyl (C=O) groups excluding carboxylic acids is 1.